The number of non-ortho nitro benzene ring substituents is 1. The first-order chi connectivity index (χ1) is 8.73. The summed E-state index contributed by atoms with van der Waals surface area (Å²) in [6.45, 7) is -3.49. The van der Waals surface area contributed by atoms with Crippen molar-refractivity contribution in [3.8, 4) is 5.75 Å². The molecule has 0 heterocycles. The molecule has 0 saturated carbocycles. The van der Waals surface area contributed by atoms with Gasteiger partial charge >= 0.3 is 12.6 Å². The number of hydrogen-bond acceptors (Lipinski definition) is 5. The zero-order valence-corrected chi connectivity index (χ0v) is 8.92. The molecule has 10 heteroatoms. The lowest BCUT2D eigenvalue weighted by Crippen LogP contribution is -2.15. The summed E-state index contributed by atoms with van der Waals surface area (Å²) >= 11 is 0. The van der Waals surface area contributed by atoms with E-state index in [-0.39, 0.29) is 6.07 Å². The summed E-state index contributed by atoms with van der Waals surface area (Å²) in [6.07, 6.45) is -2.44. The van der Waals surface area contributed by atoms with Crippen molar-refractivity contribution >= 4 is 11.7 Å². The van der Waals surface area contributed by atoms with Gasteiger partial charge in [0, 0.05) is 11.6 Å². The predicted molar refractivity (Wildman–Crippen MR) is 52.3 cm³/mol. The fourth-order valence-corrected chi connectivity index (χ4v) is 1.25. The average molecular weight is 281 g/mol. The number of aliphatic carboxylic acids is 1. The van der Waals surface area contributed by atoms with Crippen LogP contribution in [0.2, 0.25) is 0 Å². The minimum Gasteiger partial charge on any atom is -0.479 e. The van der Waals surface area contributed by atoms with Crippen molar-refractivity contribution in [1.29, 1.82) is 0 Å². The average Bonchev–Trinajstić information content (AvgIpc) is 2.29. The highest BCUT2D eigenvalue weighted by atomic mass is 19.3. The monoisotopic (exact) mass is 281 g/mol. The Morgan fingerprint density at radius 1 is 1.42 bits per heavy atom. The first-order valence-electron chi connectivity index (χ1n) is 4.57. The molecule has 2 N–H and O–H groups in total. The lowest BCUT2D eigenvalue weighted by molar-refractivity contribution is -0.385. The van der Waals surface area contributed by atoms with Gasteiger partial charge in [-0.2, -0.15) is 8.78 Å². The Hall–Kier alpha value is -2.36. The van der Waals surface area contributed by atoms with Gasteiger partial charge in [-0.3, -0.25) is 10.1 Å². The van der Waals surface area contributed by atoms with Crippen LogP contribution in [0.5, 0.6) is 5.75 Å². The van der Waals surface area contributed by atoms with E-state index in [0.29, 0.717) is 6.07 Å². The van der Waals surface area contributed by atoms with E-state index in [4.69, 9.17) is 5.11 Å². The molecule has 1 aromatic rings. The second-order valence-corrected chi connectivity index (χ2v) is 3.22. The number of carbonyl (C=O) groups is 1. The highest BCUT2D eigenvalue weighted by Crippen LogP contribution is 2.33. The summed E-state index contributed by atoms with van der Waals surface area (Å²) in [5.74, 6) is -4.74. The lowest BCUT2D eigenvalue weighted by Gasteiger charge is -2.13. The Labute approximate surface area is 103 Å². The molecule has 0 bridgehead atoms. The lowest BCUT2D eigenvalue weighted by atomic mass is 10.1. The first kappa shape index (κ1) is 14.7. The Morgan fingerprint density at radius 2 is 2.00 bits per heavy atom. The second kappa shape index (κ2) is 5.52. The maximum atomic E-state index is 13.4. The van der Waals surface area contributed by atoms with E-state index in [0.717, 1.165) is 0 Å². The van der Waals surface area contributed by atoms with Crippen molar-refractivity contribution in [2.75, 3.05) is 0 Å². The first-order valence-corrected chi connectivity index (χ1v) is 4.57. The molecule has 0 fully saturated rings. The van der Waals surface area contributed by atoms with Crippen LogP contribution in [0.4, 0.5) is 18.9 Å². The third kappa shape index (κ3) is 3.31. The molecule has 7 nitrogen and oxygen atoms in total. The molecule has 19 heavy (non-hydrogen) atoms. The number of nitro benzene ring substituents is 1. The number of rotatable bonds is 5. The third-order valence-corrected chi connectivity index (χ3v) is 2.00. The summed E-state index contributed by atoms with van der Waals surface area (Å²) in [7, 11) is 0. The topological polar surface area (TPSA) is 110 Å². The number of nitro groups is 1. The van der Waals surface area contributed by atoms with Crippen molar-refractivity contribution in [1.82, 2.24) is 0 Å². The molecule has 1 aromatic carbocycles. The van der Waals surface area contributed by atoms with Crippen molar-refractivity contribution in [3.63, 3.8) is 0 Å². The SMILES string of the molecule is O=C(O)C(O)c1cc([N+](=O)[O-])cc(F)c1OC(F)F. The summed E-state index contributed by atoms with van der Waals surface area (Å²) in [4.78, 5) is 19.9. The maximum absolute atomic E-state index is 13.4. The molecule has 0 aliphatic rings. The number of carboxylic acids is 1. The summed E-state index contributed by atoms with van der Waals surface area (Å²) in [5.41, 5.74) is -1.88. The quantitative estimate of drug-likeness (QED) is 0.624. The van der Waals surface area contributed by atoms with Crippen LogP contribution in [0.1, 0.15) is 11.7 Å². The standard InChI is InChI=1S/C9H6F3NO6/c10-5-2-3(13(17)18)1-4(6(14)8(15)16)7(5)19-9(11)12/h1-2,6,9,14H,(H,15,16). The van der Waals surface area contributed by atoms with Crippen molar-refractivity contribution in [2.24, 2.45) is 0 Å². The van der Waals surface area contributed by atoms with Gasteiger partial charge in [-0.1, -0.05) is 0 Å². The van der Waals surface area contributed by atoms with Gasteiger partial charge < -0.3 is 14.9 Å². The second-order valence-electron chi connectivity index (χ2n) is 3.22. The third-order valence-electron chi connectivity index (χ3n) is 2.00. The molecule has 1 rings (SSSR count). The van der Waals surface area contributed by atoms with Crippen LogP contribution < -0.4 is 4.74 Å². The Balaban J connectivity index is 3.43. The number of ether oxygens (including phenoxy) is 1. The van der Waals surface area contributed by atoms with E-state index in [2.05, 4.69) is 4.74 Å². The van der Waals surface area contributed by atoms with Crippen molar-refractivity contribution < 1.29 is 37.8 Å². The van der Waals surface area contributed by atoms with E-state index in [9.17, 15) is 33.2 Å². The molecule has 0 aliphatic carbocycles. The smallest absolute Gasteiger partial charge is 0.387 e. The molecular weight excluding hydrogens is 275 g/mol. The number of carboxylic acid groups (broad SMARTS) is 1. The van der Waals surface area contributed by atoms with Crippen LogP contribution in [0.15, 0.2) is 12.1 Å². The van der Waals surface area contributed by atoms with E-state index in [1.165, 1.54) is 0 Å². The highest BCUT2D eigenvalue weighted by Gasteiger charge is 2.28. The van der Waals surface area contributed by atoms with Gasteiger partial charge in [0.15, 0.2) is 17.7 Å². The van der Waals surface area contributed by atoms with Crippen LogP contribution >= 0.6 is 0 Å². The zero-order chi connectivity index (χ0) is 14.7. The summed E-state index contributed by atoms with van der Waals surface area (Å²) in [6, 6.07) is 0.718. The number of benzene rings is 1. The van der Waals surface area contributed by atoms with Crippen LogP contribution in [0, 0.1) is 15.9 Å². The van der Waals surface area contributed by atoms with Crippen LogP contribution in [0.25, 0.3) is 0 Å². The van der Waals surface area contributed by atoms with Gasteiger partial charge in [-0.25, -0.2) is 9.18 Å². The Bertz CT molecular complexity index is 521. The van der Waals surface area contributed by atoms with Gasteiger partial charge in [0.1, 0.15) is 0 Å². The van der Waals surface area contributed by atoms with E-state index in [1.54, 1.807) is 0 Å². The number of halogens is 3. The molecule has 0 radical (unpaired) electrons. The molecule has 0 amide bonds. The Morgan fingerprint density at radius 3 is 2.42 bits per heavy atom. The summed E-state index contributed by atoms with van der Waals surface area (Å²) < 4.78 is 41.2. The van der Waals surface area contributed by atoms with Gasteiger partial charge in [-0.15, -0.1) is 0 Å². The number of aliphatic hydroxyl groups is 1. The number of nitrogens with zero attached hydrogens (tertiary/aromatic N) is 1. The molecular formula is C9H6F3NO6. The van der Waals surface area contributed by atoms with E-state index >= 15 is 0 Å². The summed E-state index contributed by atoms with van der Waals surface area (Å²) in [5, 5.41) is 28.2. The van der Waals surface area contributed by atoms with Gasteiger partial charge in [-0.05, 0) is 0 Å². The molecule has 1 unspecified atom stereocenters. The minimum absolute atomic E-state index is 0.274. The minimum atomic E-state index is -3.49. The van der Waals surface area contributed by atoms with Gasteiger partial charge in [0.25, 0.3) is 5.69 Å². The largest absolute Gasteiger partial charge is 0.479 e. The van der Waals surface area contributed by atoms with Crippen LogP contribution in [-0.2, 0) is 4.79 Å². The van der Waals surface area contributed by atoms with Gasteiger partial charge in [0.05, 0.1) is 11.0 Å². The molecule has 0 aliphatic heterocycles. The van der Waals surface area contributed by atoms with E-state index < -0.39 is 46.4 Å². The zero-order valence-electron chi connectivity index (χ0n) is 8.92. The number of hydrogen-bond donors (Lipinski definition) is 2. The number of alkyl halides is 2. The molecule has 104 valence electrons. The normalized spacial score (nSPS) is 12.3. The molecule has 0 saturated heterocycles. The van der Waals surface area contributed by atoms with Crippen molar-refractivity contribution in [2.45, 2.75) is 12.7 Å². The fourth-order valence-electron chi connectivity index (χ4n) is 1.25. The molecule has 0 spiro atoms. The number of aliphatic hydroxyl groups excluding tert-OH is 1. The van der Waals surface area contributed by atoms with Gasteiger partial charge in [0.2, 0.25) is 0 Å². The van der Waals surface area contributed by atoms with E-state index in [1.807, 2.05) is 0 Å². The molecule has 1 atom stereocenters. The van der Waals surface area contributed by atoms with Crippen LogP contribution in [-0.4, -0.2) is 27.7 Å². The predicted octanol–water partition coefficient (Wildman–Crippen LogP) is 1.45. The maximum Gasteiger partial charge on any atom is 0.387 e. The van der Waals surface area contributed by atoms with Crippen LogP contribution in [0.3, 0.4) is 0 Å². The Kier molecular flexibility index (Phi) is 4.27. The fraction of sp³-hybridized carbons (Fsp3) is 0.222. The molecule has 0 aromatic heterocycles. The van der Waals surface area contributed by atoms with Crippen molar-refractivity contribution in [3.05, 3.63) is 33.6 Å². The highest BCUT2D eigenvalue weighted by molar-refractivity contribution is 5.75.